The summed E-state index contributed by atoms with van der Waals surface area (Å²) in [6.07, 6.45) is 6.58. The van der Waals surface area contributed by atoms with Crippen molar-refractivity contribution in [3.63, 3.8) is 0 Å². The first-order chi connectivity index (χ1) is 11.9. The zero-order valence-corrected chi connectivity index (χ0v) is 16.6. The van der Waals surface area contributed by atoms with Gasteiger partial charge in [0.25, 0.3) is 0 Å². The fourth-order valence-electron chi connectivity index (χ4n) is 3.93. The summed E-state index contributed by atoms with van der Waals surface area (Å²) < 4.78 is 25.8. The fourth-order valence-corrected chi connectivity index (χ4v) is 5.16. The topological polar surface area (TPSA) is 52.7 Å². The molecular formula is C18H27N3O2S2. The summed E-state index contributed by atoms with van der Waals surface area (Å²) in [4.78, 5) is 2.52. The van der Waals surface area contributed by atoms with Crippen LogP contribution in [-0.4, -0.2) is 49.9 Å². The Morgan fingerprint density at radius 1 is 1.20 bits per heavy atom. The molecule has 1 aromatic carbocycles. The molecule has 2 atom stereocenters. The van der Waals surface area contributed by atoms with E-state index in [0.29, 0.717) is 5.11 Å². The Hall–Kier alpha value is -1.18. The molecule has 1 aromatic rings. The maximum atomic E-state index is 12.3. The van der Waals surface area contributed by atoms with E-state index in [2.05, 4.69) is 10.2 Å². The summed E-state index contributed by atoms with van der Waals surface area (Å²) in [6, 6.07) is 6.86. The van der Waals surface area contributed by atoms with E-state index in [1.807, 2.05) is 6.07 Å². The van der Waals surface area contributed by atoms with E-state index in [4.69, 9.17) is 12.2 Å². The molecule has 0 aromatic heterocycles. The summed E-state index contributed by atoms with van der Waals surface area (Å²) in [5, 5.41) is 3.93. The number of nitrogens with one attached hydrogen (secondary N) is 1. The van der Waals surface area contributed by atoms with Gasteiger partial charge in [-0.15, -0.1) is 0 Å². The molecule has 0 spiro atoms. The summed E-state index contributed by atoms with van der Waals surface area (Å²) >= 11 is 5.59. The lowest BCUT2D eigenvalue weighted by Crippen LogP contribution is -2.46. The third kappa shape index (κ3) is 4.15. The van der Waals surface area contributed by atoms with E-state index in [9.17, 15) is 8.42 Å². The number of nitrogens with zero attached hydrogens (tertiary/aromatic N) is 2. The van der Waals surface area contributed by atoms with Crippen molar-refractivity contribution in [1.29, 1.82) is 0 Å². The van der Waals surface area contributed by atoms with Gasteiger partial charge >= 0.3 is 0 Å². The highest BCUT2D eigenvalue weighted by molar-refractivity contribution is 7.89. The van der Waals surface area contributed by atoms with E-state index in [1.54, 1.807) is 18.2 Å². The van der Waals surface area contributed by atoms with Gasteiger partial charge in [0.2, 0.25) is 10.0 Å². The monoisotopic (exact) mass is 381 g/mol. The third-order valence-electron chi connectivity index (χ3n) is 5.44. The zero-order chi connectivity index (χ0) is 18.0. The predicted molar refractivity (Wildman–Crippen MR) is 105 cm³/mol. The highest BCUT2D eigenvalue weighted by Crippen LogP contribution is 2.36. The summed E-state index contributed by atoms with van der Waals surface area (Å²) in [5.74, 6) is 1.61. The van der Waals surface area contributed by atoms with Crippen LogP contribution in [0.25, 0.3) is 0 Å². The lowest BCUT2D eigenvalue weighted by molar-refractivity contribution is 0.131. The van der Waals surface area contributed by atoms with Crippen molar-refractivity contribution >= 4 is 33.0 Å². The summed E-state index contributed by atoms with van der Waals surface area (Å²) in [5.41, 5.74) is 0.721. The van der Waals surface area contributed by atoms with Gasteiger partial charge in [-0.2, -0.15) is 0 Å². The second-order valence-corrected chi connectivity index (χ2v) is 9.82. The van der Waals surface area contributed by atoms with Gasteiger partial charge in [0.15, 0.2) is 5.11 Å². The van der Waals surface area contributed by atoms with Gasteiger partial charge in [-0.25, -0.2) is 12.7 Å². The second-order valence-electron chi connectivity index (χ2n) is 7.28. The molecular weight excluding hydrogens is 354 g/mol. The molecule has 0 amide bonds. The van der Waals surface area contributed by atoms with Gasteiger partial charge in [-0.1, -0.05) is 25.3 Å². The van der Waals surface area contributed by atoms with Crippen LogP contribution >= 0.6 is 12.2 Å². The van der Waals surface area contributed by atoms with Gasteiger partial charge in [0.1, 0.15) is 0 Å². The first-order valence-electron chi connectivity index (χ1n) is 8.96. The maximum absolute atomic E-state index is 12.3. The fraction of sp³-hybridized carbons (Fsp3) is 0.611. The second kappa shape index (κ2) is 7.60. The average Bonchev–Trinajstić information content (AvgIpc) is 2.61. The van der Waals surface area contributed by atoms with Crippen LogP contribution in [0.15, 0.2) is 29.2 Å². The van der Waals surface area contributed by atoms with Gasteiger partial charge in [0.05, 0.1) is 4.90 Å². The van der Waals surface area contributed by atoms with E-state index < -0.39 is 10.0 Å². The Bertz CT molecular complexity index is 734. The van der Waals surface area contributed by atoms with Gasteiger partial charge in [0, 0.05) is 32.9 Å². The van der Waals surface area contributed by atoms with Gasteiger partial charge in [-0.3, -0.25) is 0 Å². The number of sulfonamides is 1. The van der Waals surface area contributed by atoms with Crippen molar-refractivity contribution in [2.75, 3.05) is 32.5 Å². The molecule has 7 heteroatoms. The van der Waals surface area contributed by atoms with E-state index in [0.717, 1.165) is 30.6 Å². The predicted octanol–water partition coefficient (Wildman–Crippen LogP) is 3.15. The van der Waals surface area contributed by atoms with Crippen LogP contribution in [0.2, 0.25) is 0 Å². The van der Waals surface area contributed by atoms with Crippen LogP contribution in [0.3, 0.4) is 0 Å². The van der Waals surface area contributed by atoms with Crippen molar-refractivity contribution < 1.29 is 8.42 Å². The normalized spacial score (nSPS) is 24.0. The van der Waals surface area contributed by atoms with Crippen molar-refractivity contribution in [2.24, 2.45) is 11.8 Å². The first kappa shape index (κ1) is 18.6. The number of rotatable bonds is 3. The van der Waals surface area contributed by atoms with E-state index >= 15 is 0 Å². The number of anilines is 1. The lowest BCUT2D eigenvalue weighted by Gasteiger charge is -2.42. The van der Waals surface area contributed by atoms with Gasteiger partial charge in [-0.05, 0) is 55.1 Å². The van der Waals surface area contributed by atoms with E-state index in [-0.39, 0.29) is 4.90 Å². The van der Waals surface area contributed by atoms with E-state index in [1.165, 1.54) is 50.5 Å². The van der Waals surface area contributed by atoms with Crippen LogP contribution < -0.4 is 5.32 Å². The number of thiocarbonyl (C=S) groups is 1. The minimum absolute atomic E-state index is 0.274. The van der Waals surface area contributed by atoms with Crippen LogP contribution in [0.1, 0.15) is 32.1 Å². The Balaban J connectivity index is 1.67. The smallest absolute Gasteiger partial charge is 0.242 e. The number of piperidine rings is 1. The minimum atomic E-state index is -3.44. The molecule has 0 unspecified atom stereocenters. The van der Waals surface area contributed by atoms with Crippen molar-refractivity contribution in [3.8, 4) is 0 Å². The molecule has 1 aliphatic heterocycles. The largest absolute Gasteiger partial charge is 0.349 e. The molecule has 3 rings (SSSR count). The SMILES string of the molecule is CN(C)S(=O)(=O)c1cccc(NC(=S)N2CC[C@H]3CCCC[C@H]3C2)c1. The Kier molecular flexibility index (Phi) is 5.65. The number of fused-ring (bicyclic) bond motifs is 1. The number of hydrogen-bond acceptors (Lipinski definition) is 3. The number of benzene rings is 1. The highest BCUT2D eigenvalue weighted by Gasteiger charge is 2.32. The lowest BCUT2D eigenvalue weighted by atomic mass is 9.75. The van der Waals surface area contributed by atoms with Crippen LogP contribution in [0.5, 0.6) is 0 Å². The molecule has 1 heterocycles. The molecule has 0 radical (unpaired) electrons. The zero-order valence-electron chi connectivity index (χ0n) is 14.9. The molecule has 1 aliphatic carbocycles. The molecule has 2 aliphatic rings. The molecule has 25 heavy (non-hydrogen) atoms. The van der Waals surface area contributed by atoms with Crippen LogP contribution in [0.4, 0.5) is 5.69 Å². The molecule has 5 nitrogen and oxygen atoms in total. The molecule has 1 N–H and O–H groups in total. The molecule has 1 saturated carbocycles. The molecule has 0 bridgehead atoms. The van der Waals surface area contributed by atoms with Crippen LogP contribution in [0, 0.1) is 11.8 Å². The summed E-state index contributed by atoms with van der Waals surface area (Å²) in [7, 11) is -0.367. The van der Waals surface area contributed by atoms with Crippen LogP contribution in [-0.2, 0) is 10.0 Å². The number of hydrogen-bond donors (Lipinski definition) is 1. The molecule has 138 valence electrons. The quantitative estimate of drug-likeness (QED) is 0.815. The average molecular weight is 382 g/mol. The Labute approximate surface area is 156 Å². The first-order valence-corrected chi connectivity index (χ1v) is 10.8. The Morgan fingerprint density at radius 3 is 2.64 bits per heavy atom. The minimum Gasteiger partial charge on any atom is -0.349 e. The van der Waals surface area contributed by atoms with Crippen molar-refractivity contribution in [3.05, 3.63) is 24.3 Å². The third-order valence-corrected chi connectivity index (χ3v) is 7.61. The summed E-state index contributed by atoms with van der Waals surface area (Å²) in [6.45, 7) is 2.01. The molecule has 2 fully saturated rings. The highest BCUT2D eigenvalue weighted by atomic mass is 32.2. The van der Waals surface area contributed by atoms with Crippen molar-refractivity contribution in [2.45, 2.75) is 37.0 Å². The van der Waals surface area contributed by atoms with Gasteiger partial charge < -0.3 is 10.2 Å². The van der Waals surface area contributed by atoms with Crippen molar-refractivity contribution in [1.82, 2.24) is 9.21 Å². The maximum Gasteiger partial charge on any atom is 0.242 e. The molecule has 1 saturated heterocycles. The number of likely N-dealkylation sites (tertiary alicyclic amines) is 1. The Morgan fingerprint density at radius 2 is 1.92 bits per heavy atom. The standard InChI is InChI=1S/C18H27N3O2S2/c1-20(2)25(22,23)17-9-5-8-16(12-17)19-18(24)21-11-10-14-6-3-4-7-15(14)13-21/h5,8-9,12,14-15H,3-4,6-7,10-11,13H2,1-2H3,(H,19,24)/t14-,15+/m1/s1.